The van der Waals surface area contributed by atoms with E-state index in [4.69, 9.17) is 14.2 Å². The molecule has 0 unspecified atom stereocenters. The molecule has 0 radical (unpaired) electrons. The van der Waals surface area contributed by atoms with Crippen molar-refractivity contribution in [3.8, 4) is 23.0 Å². The van der Waals surface area contributed by atoms with E-state index < -0.39 is 55.0 Å². The third kappa shape index (κ3) is 9.79. The minimum absolute atomic E-state index is 0.0947. The number of aryl methyl sites for hydroxylation is 2. The molecular weight excluding hydrogens is 600 g/mol. The molecule has 46 heavy (non-hydrogen) atoms. The van der Waals surface area contributed by atoms with Crippen molar-refractivity contribution in [3.63, 3.8) is 0 Å². The zero-order valence-electron chi connectivity index (χ0n) is 26.6. The molecule has 1 saturated heterocycles. The molecule has 0 aliphatic carbocycles. The summed E-state index contributed by atoms with van der Waals surface area (Å²) in [5.74, 6) is -3.36. The second-order valence-electron chi connectivity index (χ2n) is 11.8. The lowest BCUT2D eigenvalue weighted by molar-refractivity contribution is -0.137. The predicted octanol–water partition coefficient (Wildman–Crippen LogP) is 4.22. The van der Waals surface area contributed by atoms with Crippen LogP contribution in [0.5, 0.6) is 23.0 Å². The van der Waals surface area contributed by atoms with Crippen LogP contribution in [0.25, 0.3) is 0 Å². The molecule has 1 fully saturated rings. The van der Waals surface area contributed by atoms with E-state index in [1.807, 2.05) is 0 Å². The number of phenolic OH excluding ortho intramolecular Hbond substituents is 1. The van der Waals surface area contributed by atoms with Gasteiger partial charge < -0.3 is 50.0 Å². The zero-order valence-corrected chi connectivity index (χ0v) is 26.6. The second kappa shape index (κ2) is 18.1. The standard InChI is InChI=1S/C34H48O12/c1-3-5-7-9-11-13-20-15-22(36)17-26(45-34-30(40)29(39)31(46-34)25(38)19-35)28(20)33(43)44-23-16-21(14-12-10-8-6-4-2)27(32(41)42)24(37)18-23/h15-18,25,29-31,34-40H,3-14,19H2,1-2H3,(H,41,42)/t25-,29-,30-,31+,34-/m1/s1. The molecule has 0 amide bonds. The van der Waals surface area contributed by atoms with Gasteiger partial charge in [-0.1, -0.05) is 65.2 Å². The van der Waals surface area contributed by atoms with Gasteiger partial charge in [-0.3, -0.25) is 0 Å². The fourth-order valence-corrected chi connectivity index (χ4v) is 5.65. The van der Waals surface area contributed by atoms with Gasteiger partial charge in [-0.2, -0.15) is 0 Å². The molecule has 0 spiro atoms. The molecule has 2 aromatic carbocycles. The largest absolute Gasteiger partial charge is 0.508 e. The number of ether oxygens (including phenoxy) is 3. The summed E-state index contributed by atoms with van der Waals surface area (Å²) in [6.07, 6.45) is 2.16. The minimum atomic E-state index is -1.67. The Morgan fingerprint density at radius 3 is 1.98 bits per heavy atom. The van der Waals surface area contributed by atoms with E-state index >= 15 is 0 Å². The first-order chi connectivity index (χ1) is 22.0. The number of carboxylic acids is 1. The number of aliphatic hydroxyl groups is 4. The minimum Gasteiger partial charge on any atom is -0.508 e. The SMILES string of the molecule is CCCCCCCc1cc(OC(=O)c2c(CCCCCCC)cc(O)cc2O[C@@H]2O[C@@H]([C@H](O)CO)[C@H](O)[C@H]2O)cc(O)c1C(=O)O. The van der Waals surface area contributed by atoms with Gasteiger partial charge in [-0.15, -0.1) is 0 Å². The molecule has 1 heterocycles. The number of esters is 1. The van der Waals surface area contributed by atoms with Crippen LogP contribution < -0.4 is 9.47 Å². The summed E-state index contributed by atoms with van der Waals surface area (Å²) in [6.45, 7) is 3.43. The Kier molecular flexibility index (Phi) is 14.5. The van der Waals surface area contributed by atoms with E-state index in [-0.39, 0.29) is 28.4 Å². The Labute approximate surface area is 269 Å². The first-order valence-electron chi connectivity index (χ1n) is 16.2. The van der Waals surface area contributed by atoms with E-state index in [0.29, 0.717) is 36.8 Å². The maximum atomic E-state index is 13.8. The molecule has 3 rings (SSSR count). The number of benzene rings is 2. The Bertz CT molecular complexity index is 1300. The highest BCUT2D eigenvalue weighted by Gasteiger charge is 2.47. The van der Waals surface area contributed by atoms with Gasteiger partial charge in [-0.25, -0.2) is 9.59 Å². The number of aliphatic hydroxyl groups excluding tert-OH is 4. The highest BCUT2D eigenvalue weighted by molar-refractivity contribution is 5.97. The number of phenols is 2. The highest BCUT2D eigenvalue weighted by Crippen LogP contribution is 2.36. The summed E-state index contributed by atoms with van der Waals surface area (Å²) >= 11 is 0. The van der Waals surface area contributed by atoms with Crippen LogP contribution in [-0.4, -0.2) is 85.0 Å². The molecule has 1 aliphatic heterocycles. The lowest BCUT2D eigenvalue weighted by Crippen LogP contribution is -2.40. The Morgan fingerprint density at radius 2 is 1.41 bits per heavy atom. The van der Waals surface area contributed by atoms with Gasteiger partial charge in [0.25, 0.3) is 0 Å². The lowest BCUT2D eigenvalue weighted by atomic mass is 9.98. The summed E-state index contributed by atoms with van der Waals surface area (Å²) in [5.41, 5.74) is 0.323. The van der Waals surface area contributed by atoms with Crippen molar-refractivity contribution in [2.75, 3.05) is 6.61 Å². The summed E-state index contributed by atoms with van der Waals surface area (Å²) in [6, 6.07) is 4.99. The molecule has 2 aromatic rings. The third-order valence-electron chi connectivity index (χ3n) is 8.14. The molecule has 5 atom stereocenters. The van der Waals surface area contributed by atoms with E-state index in [0.717, 1.165) is 63.5 Å². The number of carbonyl (C=O) groups excluding carboxylic acids is 1. The number of carboxylic acid groups (broad SMARTS) is 1. The van der Waals surface area contributed by atoms with Crippen molar-refractivity contribution < 1.29 is 59.5 Å². The van der Waals surface area contributed by atoms with Crippen molar-refractivity contribution >= 4 is 11.9 Å². The summed E-state index contributed by atoms with van der Waals surface area (Å²) in [4.78, 5) is 25.7. The van der Waals surface area contributed by atoms with Crippen LogP contribution >= 0.6 is 0 Å². The molecule has 12 heteroatoms. The van der Waals surface area contributed by atoms with Crippen molar-refractivity contribution in [2.24, 2.45) is 0 Å². The average Bonchev–Trinajstić information content (AvgIpc) is 3.28. The van der Waals surface area contributed by atoms with Crippen LogP contribution in [0.2, 0.25) is 0 Å². The highest BCUT2D eigenvalue weighted by atomic mass is 16.7. The normalized spacial score (nSPS) is 20.0. The number of hydrogen-bond acceptors (Lipinski definition) is 11. The molecule has 256 valence electrons. The molecular formula is C34H48O12. The number of unbranched alkanes of at least 4 members (excludes halogenated alkanes) is 8. The van der Waals surface area contributed by atoms with Crippen LogP contribution in [0.4, 0.5) is 0 Å². The molecule has 0 bridgehead atoms. The maximum Gasteiger partial charge on any atom is 0.347 e. The second-order valence-corrected chi connectivity index (χ2v) is 11.8. The number of aromatic carboxylic acids is 1. The van der Waals surface area contributed by atoms with Gasteiger partial charge in [0, 0.05) is 12.1 Å². The van der Waals surface area contributed by atoms with Crippen molar-refractivity contribution in [1.82, 2.24) is 0 Å². The Hall–Kier alpha value is -3.42. The Morgan fingerprint density at radius 1 is 0.826 bits per heavy atom. The first kappa shape index (κ1) is 37.0. The summed E-state index contributed by atoms with van der Waals surface area (Å²) in [5, 5.41) is 71.1. The van der Waals surface area contributed by atoms with Gasteiger partial charge in [0.05, 0.1) is 6.61 Å². The van der Waals surface area contributed by atoms with Crippen LogP contribution in [0.1, 0.15) is 110 Å². The molecule has 0 aromatic heterocycles. The Balaban J connectivity index is 1.96. The topological polar surface area (TPSA) is 203 Å². The number of rotatable bonds is 19. The van der Waals surface area contributed by atoms with Gasteiger partial charge in [0.15, 0.2) is 0 Å². The van der Waals surface area contributed by atoms with Gasteiger partial charge >= 0.3 is 11.9 Å². The fraction of sp³-hybridized carbons (Fsp3) is 0.588. The number of aromatic hydroxyl groups is 2. The predicted molar refractivity (Wildman–Crippen MR) is 167 cm³/mol. The number of hydrogen-bond donors (Lipinski definition) is 7. The molecule has 12 nitrogen and oxygen atoms in total. The third-order valence-corrected chi connectivity index (χ3v) is 8.14. The van der Waals surface area contributed by atoms with Gasteiger partial charge in [-0.05, 0) is 48.9 Å². The van der Waals surface area contributed by atoms with Crippen LogP contribution in [0.3, 0.4) is 0 Å². The average molecular weight is 649 g/mol. The summed E-state index contributed by atoms with van der Waals surface area (Å²) in [7, 11) is 0. The number of carbonyl (C=O) groups is 2. The van der Waals surface area contributed by atoms with E-state index in [1.54, 1.807) is 0 Å². The first-order valence-corrected chi connectivity index (χ1v) is 16.2. The van der Waals surface area contributed by atoms with Gasteiger partial charge in [0.2, 0.25) is 6.29 Å². The molecule has 7 N–H and O–H groups in total. The lowest BCUT2D eigenvalue weighted by Gasteiger charge is -2.21. The van der Waals surface area contributed by atoms with E-state index in [9.17, 15) is 45.3 Å². The van der Waals surface area contributed by atoms with Crippen molar-refractivity contribution in [1.29, 1.82) is 0 Å². The smallest absolute Gasteiger partial charge is 0.347 e. The van der Waals surface area contributed by atoms with Crippen LogP contribution in [0, 0.1) is 0 Å². The monoisotopic (exact) mass is 648 g/mol. The van der Waals surface area contributed by atoms with Crippen molar-refractivity contribution in [3.05, 3.63) is 46.5 Å². The fourth-order valence-electron chi connectivity index (χ4n) is 5.65. The van der Waals surface area contributed by atoms with Crippen LogP contribution in [0.15, 0.2) is 24.3 Å². The van der Waals surface area contributed by atoms with E-state index in [2.05, 4.69) is 13.8 Å². The summed E-state index contributed by atoms with van der Waals surface area (Å²) < 4.78 is 17.0. The quantitative estimate of drug-likeness (QED) is 0.0650. The van der Waals surface area contributed by atoms with Crippen molar-refractivity contribution in [2.45, 2.75) is 122 Å². The molecule has 1 aliphatic rings. The van der Waals surface area contributed by atoms with Crippen LogP contribution in [-0.2, 0) is 17.6 Å². The van der Waals surface area contributed by atoms with Gasteiger partial charge in [0.1, 0.15) is 58.5 Å². The van der Waals surface area contributed by atoms with E-state index in [1.165, 1.54) is 12.1 Å². The molecule has 0 saturated carbocycles. The maximum absolute atomic E-state index is 13.8. The zero-order chi connectivity index (χ0) is 33.8.